The topological polar surface area (TPSA) is 130 Å². The lowest BCUT2D eigenvalue weighted by Gasteiger charge is -2.16. The summed E-state index contributed by atoms with van der Waals surface area (Å²) in [6.45, 7) is 1.23. The smallest absolute Gasteiger partial charge is 0.328 e. The molecule has 102 valence electrons. The number of aliphatic hydroxyl groups excluding tert-OH is 1. The molecule has 1 rings (SSSR count). The largest absolute Gasteiger partial charge is 0.480 e. The average molecular weight is 268 g/mol. The molecule has 1 amide bonds. The molecule has 2 atom stereocenters. The number of carboxylic acid groups (broad SMARTS) is 1. The number of aliphatic carboxylic acids is 1. The molecule has 8 heteroatoms. The van der Waals surface area contributed by atoms with E-state index in [-0.39, 0.29) is 11.3 Å². The molecule has 0 saturated heterocycles. The fourth-order valence-corrected chi connectivity index (χ4v) is 1.35. The first kappa shape index (κ1) is 14.6. The van der Waals surface area contributed by atoms with Crippen LogP contribution in [-0.4, -0.2) is 39.2 Å². The lowest BCUT2D eigenvalue weighted by atomic mass is 10.1. The van der Waals surface area contributed by atoms with Crippen molar-refractivity contribution in [3.05, 3.63) is 39.9 Å². The Morgan fingerprint density at radius 2 is 1.84 bits per heavy atom. The summed E-state index contributed by atoms with van der Waals surface area (Å²) >= 11 is 0. The van der Waals surface area contributed by atoms with Crippen molar-refractivity contribution in [3.8, 4) is 0 Å². The van der Waals surface area contributed by atoms with Crippen LogP contribution < -0.4 is 5.32 Å². The van der Waals surface area contributed by atoms with Gasteiger partial charge in [-0.15, -0.1) is 0 Å². The quantitative estimate of drug-likeness (QED) is 0.515. The predicted octanol–water partition coefficient (Wildman–Crippen LogP) is 0.159. The van der Waals surface area contributed by atoms with Crippen LogP contribution in [0.4, 0.5) is 5.69 Å². The van der Waals surface area contributed by atoms with Gasteiger partial charge in [0.15, 0.2) is 6.04 Å². The van der Waals surface area contributed by atoms with E-state index in [9.17, 15) is 24.8 Å². The third-order valence-corrected chi connectivity index (χ3v) is 2.38. The normalized spacial score (nSPS) is 13.4. The second kappa shape index (κ2) is 5.91. The highest BCUT2D eigenvalue weighted by molar-refractivity contribution is 5.96. The van der Waals surface area contributed by atoms with E-state index in [0.717, 1.165) is 12.1 Å². The molecule has 0 fully saturated rings. The van der Waals surface area contributed by atoms with Crippen molar-refractivity contribution in [3.63, 3.8) is 0 Å². The van der Waals surface area contributed by atoms with Crippen molar-refractivity contribution < 1.29 is 24.7 Å². The Bertz CT molecular complexity index is 496. The van der Waals surface area contributed by atoms with Gasteiger partial charge in [-0.2, -0.15) is 0 Å². The number of nitro benzene ring substituents is 1. The monoisotopic (exact) mass is 268 g/mol. The highest BCUT2D eigenvalue weighted by Gasteiger charge is 2.25. The van der Waals surface area contributed by atoms with Crippen LogP contribution in [0.1, 0.15) is 17.3 Å². The molecule has 0 spiro atoms. The van der Waals surface area contributed by atoms with Gasteiger partial charge in [0.2, 0.25) is 0 Å². The molecule has 3 N–H and O–H groups in total. The van der Waals surface area contributed by atoms with Crippen molar-refractivity contribution >= 4 is 17.6 Å². The van der Waals surface area contributed by atoms with E-state index in [4.69, 9.17) is 5.11 Å². The minimum Gasteiger partial charge on any atom is -0.480 e. The Kier molecular flexibility index (Phi) is 4.54. The van der Waals surface area contributed by atoms with E-state index < -0.39 is 28.9 Å². The van der Waals surface area contributed by atoms with Crippen molar-refractivity contribution in [1.29, 1.82) is 0 Å². The van der Waals surface area contributed by atoms with Crippen LogP contribution in [0.25, 0.3) is 0 Å². The fraction of sp³-hybridized carbons (Fsp3) is 0.273. The predicted molar refractivity (Wildman–Crippen MR) is 63.7 cm³/mol. The van der Waals surface area contributed by atoms with Crippen LogP contribution in [0.15, 0.2) is 24.3 Å². The first-order valence-electron chi connectivity index (χ1n) is 5.29. The molecule has 0 heterocycles. The summed E-state index contributed by atoms with van der Waals surface area (Å²) in [7, 11) is 0. The number of amides is 1. The summed E-state index contributed by atoms with van der Waals surface area (Å²) in [4.78, 5) is 32.3. The van der Waals surface area contributed by atoms with Gasteiger partial charge in [-0.1, -0.05) is 0 Å². The van der Waals surface area contributed by atoms with Gasteiger partial charge in [0.1, 0.15) is 0 Å². The summed E-state index contributed by atoms with van der Waals surface area (Å²) < 4.78 is 0. The van der Waals surface area contributed by atoms with E-state index in [0.29, 0.717) is 0 Å². The number of carboxylic acids is 1. The molecule has 0 aliphatic rings. The summed E-state index contributed by atoms with van der Waals surface area (Å²) in [5.41, 5.74) is -0.112. The van der Waals surface area contributed by atoms with Gasteiger partial charge >= 0.3 is 5.97 Å². The van der Waals surface area contributed by atoms with Gasteiger partial charge in [-0.05, 0) is 19.1 Å². The zero-order valence-corrected chi connectivity index (χ0v) is 9.94. The van der Waals surface area contributed by atoms with Crippen molar-refractivity contribution in [2.24, 2.45) is 0 Å². The Morgan fingerprint density at radius 1 is 1.32 bits per heavy atom. The fourth-order valence-electron chi connectivity index (χ4n) is 1.35. The van der Waals surface area contributed by atoms with Crippen molar-refractivity contribution in [1.82, 2.24) is 5.32 Å². The molecule has 0 bridgehead atoms. The molecule has 19 heavy (non-hydrogen) atoms. The molecule has 0 aliphatic carbocycles. The Morgan fingerprint density at radius 3 is 2.21 bits per heavy atom. The molecule has 0 saturated carbocycles. The Labute approximate surface area is 107 Å². The van der Waals surface area contributed by atoms with E-state index in [2.05, 4.69) is 5.32 Å². The number of carbonyl (C=O) groups is 2. The molecule has 1 aromatic rings. The molecular weight excluding hydrogens is 256 g/mol. The second-order valence-corrected chi connectivity index (χ2v) is 3.83. The molecule has 0 aliphatic heterocycles. The van der Waals surface area contributed by atoms with E-state index in [1.165, 1.54) is 19.1 Å². The number of rotatable bonds is 5. The van der Waals surface area contributed by atoms with Crippen LogP contribution in [0.5, 0.6) is 0 Å². The van der Waals surface area contributed by atoms with Crippen LogP contribution in [-0.2, 0) is 4.79 Å². The number of benzene rings is 1. The van der Waals surface area contributed by atoms with Crippen LogP contribution in [0.2, 0.25) is 0 Å². The summed E-state index contributed by atoms with van der Waals surface area (Å²) in [5.74, 6) is -2.10. The maximum absolute atomic E-state index is 11.7. The first-order chi connectivity index (χ1) is 8.82. The molecule has 0 unspecified atom stereocenters. The number of nitrogens with zero attached hydrogens (tertiary/aromatic N) is 1. The van der Waals surface area contributed by atoms with Gasteiger partial charge in [-0.25, -0.2) is 4.79 Å². The third kappa shape index (κ3) is 3.75. The molecule has 1 aromatic carbocycles. The Hall–Kier alpha value is -2.48. The number of hydrogen-bond donors (Lipinski definition) is 3. The SMILES string of the molecule is C[C@H](O)[C@H](NC(=O)c1ccc([N+](=O)[O-])cc1)C(=O)O. The summed E-state index contributed by atoms with van der Waals surface area (Å²) in [5, 5.41) is 30.6. The standard InChI is InChI=1S/C11H12N2O6/c1-6(14)9(11(16)17)12-10(15)7-2-4-8(5-3-7)13(18)19/h2-6,9,14H,1H3,(H,12,15)(H,16,17)/t6-,9-/m0/s1. The van der Waals surface area contributed by atoms with Crippen molar-refractivity contribution in [2.45, 2.75) is 19.1 Å². The second-order valence-electron chi connectivity index (χ2n) is 3.83. The number of non-ortho nitro benzene ring substituents is 1. The first-order valence-corrected chi connectivity index (χ1v) is 5.29. The minimum atomic E-state index is -1.44. The molecule has 8 nitrogen and oxygen atoms in total. The van der Waals surface area contributed by atoms with Crippen LogP contribution in [0.3, 0.4) is 0 Å². The number of carbonyl (C=O) groups excluding carboxylic acids is 1. The maximum atomic E-state index is 11.7. The van der Waals surface area contributed by atoms with E-state index in [1.807, 2.05) is 0 Å². The molecule has 0 aromatic heterocycles. The minimum absolute atomic E-state index is 0.0671. The third-order valence-electron chi connectivity index (χ3n) is 2.38. The van der Waals surface area contributed by atoms with Gasteiger partial charge in [0.05, 0.1) is 11.0 Å². The number of nitro groups is 1. The van der Waals surface area contributed by atoms with Gasteiger partial charge in [0.25, 0.3) is 11.6 Å². The number of nitrogens with one attached hydrogen (secondary N) is 1. The van der Waals surface area contributed by atoms with Crippen LogP contribution in [0, 0.1) is 10.1 Å². The van der Waals surface area contributed by atoms with E-state index in [1.54, 1.807) is 0 Å². The van der Waals surface area contributed by atoms with E-state index >= 15 is 0 Å². The maximum Gasteiger partial charge on any atom is 0.328 e. The Balaban J connectivity index is 2.83. The van der Waals surface area contributed by atoms with Gasteiger partial charge in [0, 0.05) is 17.7 Å². The van der Waals surface area contributed by atoms with Crippen LogP contribution >= 0.6 is 0 Å². The van der Waals surface area contributed by atoms with Crippen molar-refractivity contribution in [2.75, 3.05) is 0 Å². The average Bonchev–Trinajstić information content (AvgIpc) is 2.34. The highest BCUT2D eigenvalue weighted by Crippen LogP contribution is 2.12. The molecular formula is C11H12N2O6. The summed E-state index contributed by atoms with van der Waals surface area (Å²) in [6.07, 6.45) is -1.26. The zero-order chi connectivity index (χ0) is 14.6. The number of aliphatic hydroxyl groups is 1. The van der Waals surface area contributed by atoms with Gasteiger partial charge < -0.3 is 15.5 Å². The lowest BCUT2D eigenvalue weighted by molar-refractivity contribution is -0.384. The van der Waals surface area contributed by atoms with Gasteiger partial charge in [-0.3, -0.25) is 14.9 Å². The molecule has 0 radical (unpaired) electrons. The highest BCUT2D eigenvalue weighted by atomic mass is 16.6. The lowest BCUT2D eigenvalue weighted by Crippen LogP contribution is -2.47. The summed E-state index contributed by atoms with van der Waals surface area (Å²) in [6, 6.07) is 3.23. The number of hydrogen-bond acceptors (Lipinski definition) is 5. The zero-order valence-electron chi connectivity index (χ0n) is 9.94.